The van der Waals surface area contributed by atoms with Gasteiger partial charge in [-0.25, -0.2) is 9.59 Å². The molecule has 0 aliphatic carbocycles. The van der Waals surface area contributed by atoms with E-state index in [9.17, 15) is 34.4 Å². The van der Waals surface area contributed by atoms with E-state index in [0.29, 0.717) is 21.5 Å². The number of β-lactam (4-membered cyclic amide) rings is 1. The summed E-state index contributed by atoms with van der Waals surface area (Å²) < 4.78 is 5.62. The number of hydrogen-bond acceptors (Lipinski definition) is 9. The number of rotatable bonds is 12. The van der Waals surface area contributed by atoms with Crippen LogP contribution in [0.2, 0.25) is 0 Å². The van der Waals surface area contributed by atoms with Gasteiger partial charge in [-0.1, -0.05) is 103 Å². The molecular weight excluding hydrogens is 721 g/mol. The molecule has 0 spiro atoms. The normalized spacial score (nSPS) is 15.6. The summed E-state index contributed by atoms with van der Waals surface area (Å²) in [5.74, 6) is -4.80. The molecule has 3 atom stereocenters. The summed E-state index contributed by atoms with van der Waals surface area (Å²) in [5.41, 5.74) is -0.0425. The first-order chi connectivity index (χ1) is 26.5. The van der Waals surface area contributed by atoms with Crippen LogP contribution in [0.25, 0.3) is 0 Å². The number of amides is 2. The maximum Gasteiger partial charge on any atom is 0.363 e. The van der Waals surface area contributed by atoms with Gasteiger partial charge in [0.15, 0.2) is 5.78 Å². The first kappa shape index (κ1) is 38.2. The molecule has 1 fully saturated rings. The lowest BCUT2D eigenvalue weighted by Gasteiger charge is -2.50. The number of aliphatic hydroxyl groups is 1. The van der Waals surface area contributed by atoms with Gasteiger partial charge in [0.2, 0.25) is 5.91 Å². The molecule has 6 rings (SSSR count). The van der Waals surface area contributed by atoms with Crippen molar-refractivity contribution in [2.24, 2.45) is 5.92 Å². The second-order valence-electron chi connectivity index (χ2n) is 12.8. The Balaban J connectivity index is 1.60. The fourth-order valence-electron chi connectivity index (χ4n) is 6.91. The average Bonchev–Trinajstić information content (AvgIpc) is 3.21. The monoisotopic (exact) mass is 757 g/mol. The van der Waals surface area contributed by atoms with Crippen LogP contribution in [-0.4, -0.2) is 69.1 Å². The molecule has 2 N–H and O–H groups in total. The minimum absolute atomic E-state index is 0.148. The van der Waals surface area contributed by atoms with Gasteiger partial charge in [0.05, 0.1) is 28.6 Å². The molecule has 1 saturated heterocycles. The molecule has 0 saturated carbocycles. The van der Waals surface area contributed by atoms with Crippen molar-refractivity contribution < 1.29 is 38.7 Å². The molecule has 278 valence electrons. The summed E-state index contributed by atoms with van der Waals surface area (Å²) in [7, 11) is 1.49. The molecule has 0 bridgehead atoms. The summed E-state index contributed by atoms with van der Waals surface area (Å²) in [6, 6.07) is 36.6. The summed E-state index contributed by atoms with van der Waals surface area (Å²) >= 11 is 0. The van der Waals surface area contributed by atoms with Crippen LogP contribution in [-0.2, 0) is 14.3 Å². The van der Waals surface area contributed by atoms with E-state index >= 15 is 4.79 Å². The summed E-state index contributed by atoms with van der Waals surface area (Å²) in [6.45, 7) is -2.08. The van der Waals surface area contributed by atoms with Gasteiger partial charge in [0.25, 0.3) is 11.6 Å². The molecule has 12 nitrogen and oxygen atoms in total. The Bertz CT molecular complexity index is 2210. The van der Waals surface area contributed by atoms with Crippen LogP contribution in [0.1, 0.15) is 44.4 Å². The highest BCUT2D eigenvalue weighted by atomic mass is 31.2. The van der Waals surface area contributed by atoms with Crippen molar-refractivity contribution >= 4 is 63.4 Å². The topological polar surface area (TPSA) is 173 Å². The number of nitrogens with one attached hydrogen (secondary N) is 1. The zero-order valence-electron chi connectivity index (χ0n) is 29.8. The van der Waals surface area contributed by atoms with E-state index in [1.165, 1.54) is 43.1 Å². The van der Waals surface area contributed by atoms with E-state index in [-0.39, 0.29) is 34.6 Å². The van der Waals surface area contributed by atoms with Crippen molar-refractivity contribution in [3.05, 3.63) is 166 Å². The smallest absolute Gasteiger partial charge is 0.363 e. The predicted molar refractivity (Wildman–Crippen MR) is 208 cm³/mol. The van der Waals surface area contributed by atoms with Crippen LogP contribution in [0.4, 0.5) is 5.69 Å². The second kappa shape index (κ2) is 16.3. The Morgan fingerprint density at radius 2 is 1.22 bits per heavy atom. The van der Waals surface area contributed by atoms with E-state index in [1.54, 1.807) is 54.6 Å². The molecule has 3 unspecified atom stereocenters. The number of carbonyl (C=O) groups excluding carboxylic acids is 5. The van der Waals surface area contributed by atoms with Gasteiger partial charge in [-0.3, -0.25) is 24.5 Å². The van der Waals surface area contributed by atoms with Gasteiger partial charge in [0.1, 0.15) is 5.42 Å². The van der Waals surface area contributed by atoms with E-state index in [1.807, 2.05) is 36.4 Å². The number of benzene rings is 5. The molecule has 0 radical (unpaired) electrons. The number of carbonyl (C=O) groups is 5. The first-order valence-corrected chi connectivity index (χ1v) is 19.1. The van der Waals surface area contributed by atoms with Gasteiger partial charge in [0, 0.05) is 43.6 Å². The molecule has 55 heavy (non-hydrogen) atoms. The van der Waals surface area contributed by atoms with Crippen molar-refractivity contribution in [3.63, 3.8) is 0 Å². The minimum Gasteiger partial charge on any atom is -0.393 e. The maximum absolute atomic E-state index is 15.0. The minimum atomic E-state index is -3.51. The lowest BCUT2D eigenvalue weighted by molar-refractivity contribution is -0.384. The van der Waals surface area contributed by atoms with E-state index in [2.05, 4.69) is 5.32 Å². The van der Waals surface area contributed by atoms with Crippen LogP contribution in [0.15, 0.2) is 140 Å². The fraction of sp³-hybridized carbons (Fsp3) is 0.143. The summed E-state index contributed by atoms with van der Waals surface area (Å²) in [4.78, 5) is 81.1. The second-order valence-corrected chi connectivity index (χ2v) is 16.1. The molecule has 1 aliphatic heterocycles. The average molecular weight is 758 g/mol. The number of esters is 2. The standard InChI is InChI=1S/C42H36N3O9P/c1-27(46)37-35(26-36(47)28-18-20-29(21-19-28)38(48)43-2)44(39(37)49)40(42(51)54-41(50)30-22-24-31(25-23-30)45(52)53)55(32-12-6-3-7-13-32,33-14-8-4-9-15-33)34-16-10-5-11-17-34/h3-25,27,35,37,46H,26H2,1-2H3,(H,43,48). The number of ether oxygens (including phenoxy) is 1. The number of likely N-dealkylation sites (tertiary alicyclic amines) is 1. The molecule has 2 amide bonds. The number of hydrogen-bond donors (Lipinski definition) is 2. The number of non-ortho nitro benzene ring substituents is 1. The van der Waals surface area contributed by atoms with Gasteiger partial charge in [-0.05, 0) is 47.1 Å². The highest BCUT2D eigenvalue weighted by molar-refractivity contribution is 7.96. The molecule has 1 heterocycles. The Hall–Kier alpha value is -6.49. The van der Waals surface area contributed by atoms with E-state index < -0.39 is 53.5 Å². The van der Waals surface area contributed by atoms with Crippen LogP contribution in [0.5, 0.6) is 0 Å². The van der Waals surface area contributed by atoms with Gasteiger partial charge < -0.3 is 20.1 Å². The van der Waals surface area contributed by atoms with Gasteiger partial charge >= 0.3 is 11.9 Å². The lowest BCUT2D eigenvalue weighted by Crippen LogP contribution is -2.68. The maximum atomic E-state index is 15.0. The zero-order chi connectivity index (χ0) is 39.3. The Kier molecular flexibility index (Phi) is 11.3. The van der Waals surface area contributed by atoms with Gasteiger partial charge in [-0.2, -0.15) is 0 Å². The Labute approximate surface area is 316 Å². The highest BCUT2D eigenvalue weighted by Crippen LogP contribution is 2.50. The third-order valence-corrected chi connectivity index (χ3v) is 13.8. The molecule has 5 aromatic carbocycles. The van der Waals surface area contributed by atoms with Crippen molar-refractivity contribution in [3.8, 4) is 0 Å². The van der Waals surface area contributed by atoms with Crippen molar-refractivity contribution in [2.45, 2.75) is 25.5 Å². The van der Waals surface area contributed by atoms with Crippen molar-refractivity contribution in [1.29, 1.82) is 0 Å². The third kappa shape index (κ3) is 7.37. The molecule has 1 aliphatic rings. The molecule has 5 aromatic rings. The number of nitro benzene ring substituents is 1. The Morgan fingerprint density at radius 3 is 1.65 bits per heavy atom. The first-order valence-electron chi connectivity index (χ1n) is 17.3. The summed E-state index contributed by atoms with van der Waals surface area (Å²) in [5, 5.41) is 26.6. The van der Waals surface area contributed by atoms with E-state index in [4.69, 9.17) is 4.74 Å². The predicted octanol–water partition coefficient (Wildman–Crippen LogP) is 4.24. The molecule has 13 heteroatoms. The fourth-order valence-corrected chi connectivity index (χ4v) is 11.3. The van der Waals surface area contributed by atoms with Crippen molar-refractivity contribution in [2.75, 3.05) is 7.05 Å². The quantitative estimate of drug-likeness (QED) is 0.0359. The lowest BCUT2D eigenvalue weighted by atomic mass is 9.79. The number of aliphatic hydroxyl groups excluding tert-OH is 1. The number of Topliss-reactive ketones (excluding diaryl/α,β-unsaturated/α-hetero) is 1. The third-order valence-electron chi connectivity index (χ3n) is 9.54. The Morgan fingerprint density at radius 1 is 0.764 bits per heavy atom. The van der Waals surface area contributed by atoms with E-state index in [0.717, 1.165) is 24.3 Å². The van der Waals surface area contributed by atoms with Gasteiger partial charge in [-0.15, -0.1) is 0 Å². The SMILES string of the molecule is CNC(=O)c1ccc(C(=O)CC2C(C(C)O)C(=O)N2C(C(=O)OC(=O)c2ccc([N+](=O)[O-])cc2)=P(c2ccccc2)(c2ccccc2)c2ccccc2)cc1. The van der Waals surface area contributed by atoms with Crippen LogP contribution >= 0.6 is 6.89 Å². The number of nitrogens with zero attached hydrogens (tertiary/aromatic N) is 2. The summed E-state index contributed by atoms with van der Waals surface area (Å²) in [6.07, 6.45) is -1.55. The molecular formula is C42H36N3O9P. The number of ketones is 1. The highest BCUT2D eigenvalue weighted by Gasteiger charge is 2.56. The van der Waals surface area contributed by atoms with Crippen LogP contribution in [0, 0.1) is 16.0 Å². The van der Waals surface area contributed by atoms with Crippen LogP contribution < -0.4 is 21.2 Å². The molecule has 0 aromatic heterocycles. The number of nitro groups is 1. The van der Waals surface area contributed by atoms with Crippen molar-refractivity contribution in [1.82, 2.24) is 10.2 Å². The van der Waals surface area contributed by atoms with Crippen LogP contribution in [0.3, 0.4) is 0 Å². The zero-order valence-corrected chi connectivity index (χ0v) is 30.7. The largest absolute Gasteiger partial charge is 0.393 e.